The molecule has 0 fully saturated rings. The lowest BCUT2D eigenvalue weighted by atomic mass is 10.1. The van der Waals surface area contributed by atoms with Gasteiger partial charge in [0.2, 0.25) is 0 Å². The molecule has 19 heavy (non-hydrogen) atoms. The molecule has 0 radical (unpaired) electrons. The lowest BCUT2D eigenvalue weighted by Crippen LogP contribution is -2.26. The zero-order valence-electron chi connectivity index (χ0n) is 10.2. The molecule has 0 saturated heterocycles. The number of aromatic nitrogens is 2. The first-order chi connectivity index (χ1) is 9.11. The van der Waals surface area contributed by atoms with Crippen molar-refractivity contribution >= 4 is 46.5 Å². The summed E-state index contributed by atoms with van der Waals surface area (Å²) in [5.41, 5.74) is 2.86. The Morgan fingerprint density at radius 3 is 3.05 bits per heavy atom. The van der Waals surface area contributed by atoms with Crippen molar-refractivity contribution in [2.45, 2.75) is 12.0 Å². The molecule has 100 valence electrons. The van der Waals surface area contributed by atoms with Crippen molar-refractivity contribution in [2.75, 3.05) is 13.1 Å². The molecular weight excluding hydrogens is 301 g/mol. The number of aromatic amines is 1. The molecule has 3 nitrogen and oxygen atoms in total. The van der Waals surface area contributed by atoms with E-state index in [-0.39, 0.29) is 5.50 Å². The minimum Gasteiger partial charge on any atom is -0.331 e. The summed E-state index contributed by atoms with van der Waals surface area (Å²) in [6.07, 6.45) is 1.87. The van der Waals surface area contributed by atoms with Gasteiger partial charge < -0.3 is 4.98 Å². The van der Waals surface area contributed by atoms with E-state index in [2.05, 4.69) is 16.5 Å². The molecule has 0 unspecified atom stereocenters. The second-order valence-electron chi connectivity index (χ2n) is 4.64. The van der Waals surface area contributed by atoms with Crippen LogP contribution < -0.4 is 0 Å². The third kappa shape index (κ3) is 2.13. The zero-order chi connectivity index (χ0) is 13.6. The fourth-order valence-electron chi connectivity index (χ4n) is 2.59. The molecule has 3 rings (SSSR count). The number of H-pyrrole nitrogens is 1. The van der Waals surface area contributed by atoms with Crippen LogP contribution in [0.15, 0.2) is 24.8 Å². The van der Waals surface area contributed by atoms with Crippen LogP contribution in [0.5, 0.6) is 0 Å². The lowest BCUT2D eigenvalue weighted by molar-refractivity contribution is 0.285. The van der Waals surface area contributed by atoms with Gasteiger partial charge in [0.15, 0.2) is 4.77 Å². The van der Waals surface area contributed by atoms with Gasteiger partial charge in [-0.2, -0.15) is 0 Å². The second kappa shape index (κ2) is 4.94. The summed E-state index contributed by atoms with van der Waals surface area (Å²) in [5, 5.41) is 0.745. The van der Waals surface area contributed by atoms with E-state index in [0.717, 1.165) is 34.7 Å². The summed E-state index contributed by atoms with van der Waals surface area (Å²) in [5.74, 6) is 0. The summed E-state index contributed by atoms with van der Waals surface area (Å²) < 4.78 is 2.59. The molecule has 0 spiro atoms. The Morgan fingerprint density at radius 1 is 1.53 bits per heavy atom. The van der Waals surface area contributed by atoms with Crippen molar-refractivity contribution in [3.05, 3.63) is 40.1 Å². The maximum absolute atomic E-state index is 6.51. The van der Waals surface area contributed by atoms with Crippen molar-refractivity contribution in [1.29, 1.82) is 0 Å². The SMILES string of the molecule is C=CCN1Cc2c(Cl)ccc3[nH]c(=S)n(c23)[C@H](Cl)C1. The maximum Gasteiger partial charge on any atom is 0.179 e. The van der Waals surface area contributed by atoms with Crippen molar-refractivity contribution in [2.24, 2.45) is 0 Å². The number of alkyl halides is 1. The number of benzene rings is 1. The summed E-state index contributed by atoms with van der Waals surface area (Å²) in [4.78, 5) is 5.40. The highest BCUT2D eigenvalue weighted by Gasteiger charge is 2.24. The molecule has 6 heteroatoms. The first-order valence-corrected chi connectivity index (χ1v) is 7.23. The highest BCUT2D eigenvalue weighted by molar-refractivity contribution is 7.71. The minimum atomic E-state index is -0.207. The average Bonchev–Trinajstić information content (AvgIpc) is 2.61. The summed E-state index contributed by atoms with van der Waals surface area (Å²) >= 11 is 18.2. The van der Waals surface area contributed by atoms with Gasteiger partial charge in [-0.3, -0.25) is 9.47 Å². The predicted octanol–water partition coefficient (Wildman–Crippen LogP) is 4.09. The summed E-state index contributed by atoms with van der Waals surface area (Å²) in [6.45, 7) is 6.02. The molecule has 1 atom stereocenters. The van der Waals surface area contributed by atoms with Crippen molar-refractivity contribution < 1.29 is 0 Å². The number of nitrogens with one attached hydrogen (secondary N) is 1. The Hall–Kier alpha value is -0.810. The largest absolute Gasteiger partial charge is 0.331 e. The number of hydrogen-bond acceptors (Lipinski definition) is 2. The molecule has 2 heterocycles. The first-order valence-electron chi connectivity index (χ1n) is 6.00. The lowest BCUT2D eigenvalue weighted by Gasteiger charge is -2.20. The quantitative estimate of drug-likeness (QED) is 0.513. The van der Waals surface area contributed by atoms with Crippen molar-refractivity contribution in [3.63, 3.8) is 0 Å². The van der Waals surface area contributed by atoms with Crippen LogP contribution in [0.3, 0.4) is 0 Å². The number of nitrogens with zero attached hydrogens (tertiary/aromatic N) is 2. The average molecular weight is 314 g/mol. The van der Waals surface area contributed by atoms with Gasteiger partial charge in [-0.05, 0) is 24.4 Å². The second-order valence-corrected chi connectivity index (χ2v) is 5.94. The van der Waals surface area contributed by atoms with Crippen LogP contribution in [-0.4, -0.2) is 27.5 Å². The predicted molar refractivity (Wildman–Crippen MR) is 82.5 cm³/mol. The standard InChI is InChI=1S/C13H13Cl2N3S/c1-2-5-17-6-8-9(14)3-4-10-12(8)18(11(15)7-17)13(19)16-10/h2-4,11H,1,5-7H2,(H,16,19)/t11-/m0/s1. The topological polar surface area (TPSA) is 24.0 Å². The van der Waals surface area contributed by atoms with E-state index >= 15 is 0 Å². The highest BCUT2D eigenvalue weighted by Crippen LogP contribution is 2.33. The zero-order valence-corrected chi connectivity index (χ0v) is 12.5. The van der Waals surface area contributed by atoms with E-state index in [1.807, 2.05) is 22.8 Å². The van der Waals surface area contributed by atoms with E-state index in [4.69, 9.17) is 35.4 Å². The van der Waals surface area contributed by atoms with E-state index in [9.17, 15) is 0 Å². The van der Waals surface area contributed by atoms with E-state index < -0.39 is 0 Å². The van der Waals surface area contributed by atoms with Crippen LogP contribution in [0.2, 0.25) is 5.02 Å². The monoisotopic (exact) mass is 313 g/mol. The summed E-state index contributed by atoms with van der Waals surface area (Å²) in [6, 6.07) is 3.84. The molecular formula is C13H13Cl2N3S. The van der Waals surface area contributed by atoms with Gasteiger partial charge in [0.1, 0.15) is 5.50 Å². The van der Waals surface area contributed by atoms with E-state index in [1.165, 1.54) is 0 Å². The maximum atomic E-state index is 6.51. The van der Waals surface area contributed by atoms with Crippen molar-refractivity contribution in [1.82, 2.24) is 14.5 Å². The summed E-state index contributed by atoms with van der Waals surface area (Å²) in [7, 11) is 0. The van der Waals surface area contributed by atoms with E-state index in [1.54, 1.807) is 0 Å². The van der Waals surface area contributed by atoms with Gasteiger partial charge in [-0.15, -0.1) is 6.58 Å². The molecule has 1 aromatic heterocycles. The molecule has 1 aliphatic heterocycles. The molecule has 1 aliphatic rings. The Labute approximate surface area is 126 Å². The van der Waals surface area contributed by atoms with Gasteiger partial charge in [0, 0.05) is 30.2 Å². The number of rotatable bonds is 2. The highest BCUT2D eigenvalue weighted by atomic mass is 35.5. The Morgan fingerprint density at radius 2 is 2.32 bits per heavy atom. The smallest absolute Gasteiger partial charge is 0.179 e. The van der Waals surface area contributed by atoms with Crippen LogP contribution in [-0.2, 0) is 6.54 Å². The third-order valence-electron chi connectivity index (χ3n) is 3.38. The molecule has 0 saturated carbocycles. The third-order valence-corrected chi connectivity index (χ3v) is 4.37. The fraction of sp³-hybridized carbons (Fsp3) is 0.308. The van der Waals surface area contributed by atoms with Crippen LogP contribution in [0.4, 0.5) is 0 Å². The minimum absolute atomic E-state index is 0.207. The fourth-order valence-corrected chi connectivity index (χ4v) is 3.58. The van der Waals surface area contributed by atoms with Gasteiger partial charge in [-0.25, -0.2) is 0 Å². The van der Waals surface area contributed by atoms with Gasteiger partial charge in [0.25, 0.3) is 0 Å². The number of halogens is 2. The number of imidazole rings is 1. The van der Waals surface area contributed by atoms with Crippen LogP contribution in [0.25, 0.3) is 11.0 Å². The molecule has 1 N–H and O–H groups in total. The number of hydrogen-bond donors (Lipinski definition) is 1. The molecule has 0 amide bonds. The molecule has 0 aliphatic carbocycles. The molecule has 0 bridgehead atoms. The van der Waals surface area contributed by atoms with Gasteiger partial charge in [0.05, 0.1) is 11.0 Å². The Bertz CT molecular complexity index is 704. The van der Waals surface area contributed by atoms with Gasteiger partial charge >= 0.3 is 0 Å². The Balaban J connectivity index is 2.28. The van der Waals surface area contributed by atoms with Gasteiger partial charge in [-0.1, -0.05) is 29.3 Å². The Kier molecular flexibility index (Phi) is 3.43. The first kappa shape index (κ1) is 13.2. The van der Waals surface area contributed by atoms with E-state index in [0.29, 0.717) is 11.3 Å². The molecule has 1 aromatic carbocycles. The molecule has 2 aromatic rings. The normalized spacial score (nSPS) is 19.6. The van der Waals surface area contributed by atoms with Crippen LogP contribution >= 0.6 is 35.4 Å². The van der Waals surface area contributed by atoms with Crippen molar-refractivity contribution in [3.8, 4) is 0 Å². The van der Waals surface area contributed by atoms with Crippen LogP contribution in [0, 0.1) is 4.77 Å². The van der Waals surface area contributed by atoms with Crippen LogP contribution in [0.1, 0.15) is 11.1 Å².